The van der Waals surface area contributed by atoms with Gasteiger partial charge in [-0.25, -0.2) is 19.3 Å². The number of piperazine rings is 1. The number of carbonyl (C=O) groups excluding carboxylic acids is 1. The molecule has 0 radical (unpaired) electrons. The molecule has 1 saturated heterocycles. The minimum Gasteiger partial charge on any atom is -0.481 e. The lowest BCUT2D eigenvalue weighted by molar-refractivity contribution is -0.138. The SMILES string of the molecule is CN(C)Cc1sc(NC(=O)c2cnc(N3CCN(CCC(=O)O)CC3)cn2)nc1-c1cc(F)cc(C(F)(F)F)c1. The van der Waals surface area contributed by atoms with E-state index >= 15 is 0 Å². The molecule has 0 spiro atoms. The topological polar surface area (TPSA) is 115 Å². The molecule has 0 aliphatic carbocycles. The number of thiazole rings is 1. The van der Waals surface area contributed by atoms with E-state index in [1.807, 2.05) is 4.90 Å². The van der Waals surface area contributed by atoms with Gasteiger partial charge in [-0.3, -0.25) is 19.8 Å². The summed E-state index contributed by atoms with van der Waals surface area (Å²) in [5.74, 6) is -1.92. The van der Waals surface area contributed by atoms with Crippen LogP contribution < -0.4 is 10.2 Å². The number of alkyl halides is 3. The van der Waals surface area contributed by atoms with Crippen LogP contribution in [0.5, 0.6) is 0 Å². The summed E-state index contributed by atoms with van der Waals surface area (Å²) >= 11 is 1.07. The lowest BCUT2D eigenvalue weighted by Crippen LogP contribution is -2.47. The molecule has 214 valence electrons. The van der Waals surface area contributed by atoms with Crippen molar-refractivity contribution in [2.75, 3.05) is 57.0 Å². The number of nitrogens with zero attached hydrogens (tertiary/aromatic N) is 6. The number of anilines is 2. The Bertz CT molecular complexity index is 1360. The van der Waals surface area contributed by atoms with Gasteiger partial charge in [0.1, 0.15) is 17.3 Å². The van der Waals surface area contributed by atoms with Crippen LogP contribution in [-0.2, 0) is 17.5 Å². The predicted octanol–water partition coefficient (Wildman–Crippen LogP) is 3.67. The van der Waals surface area contributed by atoms with Gasteiger partial charge in [-0.2, -0.15) is 13.2 Å². The molecule has 0 saturated carbocycles. The minimum absolute atomic E-state index is 0.0138. The van der Waals surface area contributed by atoms with Crippen molar-refractivity contribution < 1.29 is 32.3 Å². The van der Waals surface area contributed by atoms with Crippen molar-refractivity contribution >= 4 is 34.2 Å². The Morgan fingerprint density at radius 3 is 2.42 bits per heavy atom. The number of hydrogen-bond acceptors (Lipinski definition) is 9. The molecule has 10 nitrogen and oxygen atoms in total. The molecule has 1 aromatic carbocycles. The van der Waals surface area contributed by atoms with E-state index in [9.17, 15) is 27.2 Å². The Balaban J connectivity index is 1.47. The number of carbonyl (C=O) groups is 2. The number of aliphatic carboxylic acids is 1. The highest BCUT2D eigenvalue weighted by Crippen LogP contribution is 2.37. The number of benzene rings is 1. The van der Waals surface area contributed by atoms with Crippen molar-refractivity contribution in [1.29, 1.82) is 0 Å². The number of rotatable bonds is 9. The Hall–Kier alpha value is -3.69. The predicted molar refractivity (Wildman–Crippen MR) is 141 cm³/mol. The highest BCUT2D eigenvalue weighted by molar-refractivity contribution is 7.16. The van der Waals surface area contributed by atoms with Crippen LogP contribution in [0.3, 0.4) is 0 Å². The van der Waals surface area contributed by atoms with Gasteiger partial charge in [-0.1, -0.05) is 11.3 Å². The van der Waals surface area contributed by atoms with Gasteiger partial charge in [-0.05, 0) is 32.3 Å². The van der Waals surface area contributed by atoms with Crippen LogP contribution in [0.25, 0.3) is 11.3 Å². The summed E-state index contributed by atoms with van der Waals surface area (Å²) in [7, 11) is 3.53. The first-order valence-electron chi connectivity index (χ1n) is 12.2. The third-order valence-corrected chi connectivity index (χ3v) is 7.04. The first kappa shape index (κ1) is 29.3. The van der Waals surface area contributed by atoms with Gasteiger partial charge >= 0.3 is 12.1 Å². The largest absolute Gasteiger partial charge is 0.481 e. The van der Waals surface area contributed by atoms with Crippen molar-refractivity contribution in [1.82, 2.24) is 24.8 Å². The van der Waals surface area contributed by atoms with Crippen LogP contribution in [0.2, 0.25) is 0 Å². The number of carboxylic acid groups (broad SMARTS) is 1. The molecule has 3 aromatic rings. The van der Waals surface area contributed by atoms with Crippen molar-refractivity contribution in [2.45, 2.75) is 19.1 Å². The second-order valence-electron chi connectivity index (χ2n) is 9.44. The summed E-state index contributed by atoms with van der Waals surface area (Å²) in [4.78, 5) is 42.8. The third kappa shape index (κ3) is 7.49. The molecule has 0 unspecified atom stereocenters. The van der Waals surface area contributed by atoms with Gasteiger partial charge in [0.25, 0.3) is 5.91 Å². The average molecular weight is 582 g/mol. The fourth-order valence-electron chi connectivity index (χ4n) is 4.13. The van der Waals surface area contributed by atoms with Gasteiger partial charge < -0.3 is 14.9 Å². The lowest BCUT2D eigenvalue weighted by atomic mass is 10.1. The number of aromatic nitrogens is 3. The van der Waals surface area contributed by atoms with Crippen molar-refractivity contribution in [3.05, 3.63) is 52.5 Å². The number of hydrogen-bond donors (Lipinski definition) is 2. The van der Waals surface area contributed by atoms with Crippen LogP contribution in [0, 0.1) is 5.82 Å². The van der Waals surface area contributed by atoms with E-state index < -0.39 is 29.4 Å². The van der Waals surface area contributed by atoms with Crippen LogP contribution >= 0.6 is 11.3 Å². The van der Waals surface area contributed by atoms with Gasteiger partial charge in [0.2, 0.25) is 0 Å². The smallest absolute Gasteiger partial charge is 0.416 e. The van der Waals surface area contributed by atoms with E-state index in [-0.39, 0.29) is 28.5 Å². The quantitative estimate of drug-likeness (QED) is 0.366. The third-order valence-electron chi connectivity index (χ3n) is 6.09. The Kier molecular flexibility index (Phi) is 8.95. The Morgan fingerprint density at radius 2 is 1.82 bits per heavy atom. The monoisotopic (exact) mass is 581 g/mol. The number of nitrogens with one attached hydrogen (secondary N) is 1. The minimum atomic E-state index is -4.73. The summed E-state index contributed by atoms with van der Waals surface area (Å²) in [6.45, 7) is 3.40. The molecule has 1 aliphatic heterocycles. The number of carboxylic acids is 1. The Labute approximate surface area is 231 Å². The molecule has 1 fully saturated rings. The standard InChI is InChI=1S/C25H27F4N7O3S/c1-34(2)14-19-22(15-9-16(25(27,28)29)11-17(26)10-15)32-24(40-19)33-23(39)18-12-31-20(13-30-18)36-7-5-35(6-8-36)4-3-21(37)38/h9-13H,3-8,14H2,1-2H3,(H,37,38)(H,32,33,39). The molecule has 4 rings (SSSR count). The number of amides is 1. The van der Waals surface area contributed by atoms with E-state index in [2.05, 4.69) is 25.2 Å². The zero-order valence-corrected chi connectivity index (χ0v) is 22.5. The zero-order chi connectivity index (χ0) is 29.0. The number of halogens is 4. The highest BCUT2D eigenvalue weighted by atomic mass is 32.1. The van der Waals surface area contributed by atoms with E-state index in [4.69, 9.17) is 5.11 Å². The van der Waals surface area contributed by atoms with Crippen LogP contribution in [0.4, 0.5) is 28.5 Å². The highest BCUT2D eigenvalue weighted by Gasteiger charge is 2.32. The van der Waals surface area contributed by atoms with Gasteiger partial charge in [0.15, 0.2) is 5.13 Å². The Morgan fingerprint density at radius 1 is 1.10 bits per heavy atom. The molecule has 40 heavy (non-hydrogen) atoms. The fourth-order valence-corrected chi connectivity index (χ4v) is 5.23. The molecule has 0 bridgehead atoms. The maximum absolute atomic E-state index is 14.1. The summed E-state index contributed by atoms with van der Waals surface area (Å²) in [6.07, 6.45) is -1.86. The molecule has 15 heteroatoms. The normalized spacial score (nSPS) is 14.5. The molecule has 2 N–H and O–H groups in total. The van der Waals surface area contributed by atoms with E-state index in [0.29, 0.717) is 56.0 Å². The molecular formula is C25H27F4N7O3S. The summed E-state index contributed by atoms with van der Waals surface area (Å²) in [6, 6.07) is 2.23. The molecule has 2 aromatic heterocycles. The maximum Gasteiger partial charge on any atom is 0.416 e. The second kappa shape index (κ2) is 12.2. The van der Waals surface area contributed by atoms with Crippen molar-refractivity contribution in [2.24, 2.45) is 0 Å². The van der Waals surface area contributed by atoms with Gasteiger partial charge in [-0.15, -0.1) is 0 Å². The summed E-state index contributed by atoms with van der Waals surface area (Å²) < 4.78 is 53.9. The van der Waals surface area contributed by atoms with Crippen LogP contribution in [0.1, 0.15) is 27.3 Å². The first-order chi connectivity index (χ1) is 18.9. The maximum atomic E-state index is 14.1. The summed E-state index contributed by atoms with van der Waals surface area (Å²) in [5.41, 5.74) is -1.02. The molecule has 1 amide bonds. The van der Waals surface area contributed by atoms with Crippen molar-refractivity contribution in [3.8, 4) is 11.3 Å². The van der Waals surface area contributed by atoms with Gasteiger partial charge in [0.05, 0.1) is 30.1 Å². The fraction of sp³-hybridized carbons (Fsp3) is 0.400. The van der Waals surface area contributed by atoms with E-state index in [0.717, 1.165) is 23.5 Å². The lowest BCUT2D eigenvalue weighted by Gasteiger charge is -2.34. The summed E-state index contributed by atoms with van der Waals surface area (Å²) in [5, 5.41) is 11.6. The van der Waals surface area contributed by atoms with Crippen LogP contribution in [0.15, 0.2) is 30.6 Å². The van der Waals surface area contributed by atoms with Gasteiger partial charge in [0, 0.05) is 49.7 Å². The molecule has 0 atom stereocenters. The van der Waals surface area contributed by atoms with E-state index in [1.165, 1.54) is 12.4 Å². The average Bonchev–Trinajstić information content (AvgIpc) is 3.28. The zero-order valence-electron chi connectivity index (χ0n) is 21.7. The van der Waals surface area contributed by atoms with Crippen LogP contribution in [-0.4, -0.2) is 88.6 Å². The van der Waals surface area contributed by atoms with E-state index in [1.54, 1.807) is 19.0 Å². The first-order valence-corrected chi connectivity index (χ1v) is 13.1. The molecule has 1 aliphatic rings. The molecule has 3 heterocycles. The van der Waals surface area contributed by atoms with Crippen molar-refractivity contribution in [3.63, 3.8) is 0 Å². The second-order valence-corrected chi connectivity index (χ2v) is 10.5. The molecular weight excluding hydrogens is 554 g/mol.